The number of aliphatic hydroxyl groups excluding tert-OH is 1. The molecule has 6 nitrogen and oxygen atoms in total. The number of H-pyrrole nitrogens is 1. The van der Waals surface area contributed by atoms with Crippen LogP contribution < -0.4 is 10.9 Å². The number of hydrogen-bond acceptors (Lipinski definition) is 4. The minimum atomic E-state index is -0.688. The van der Waals surface area contributed by atoms with Crippen molar-refractivity contribution < 1.29 is 9.90 Å². The smallest absolute Gasteiger partial charge is 0.274 e. The van der Waals surface area contributed by atoms with E-state index < -0.39 is 11.4 Å². The Kier molecular flexibility index (Phi) is 4.92. The molecule has 0 radical (unpaired) electrons. The third kappa shape index (κ3) is 3.51. The van der Waals surface area contributed by atoms with Crippen molar-refractivity contribution in [3.05, 3.63) is 40.4 Å². The number of rotatable bonds is 6. The molecule has 0 saturated carbocycles. The maximum Gasteiger partial charge on any atom is 0.274 e. The highest BCUT2D eigenvalue weighted by atomic mass is 16.3. The number of aromatic nitrogens is 2. The van der Waals surface area contributed by atoms with Crippen molar-refractivity contribution in [2.75, 3.05) is 6.61 Å². The molecular formula is C16H21N3O3. The summed E-state index contributed by atoms with van der Waals surface area (Å²) in [6.07, 6.45) is 4.11. The third-order valence-corrected chi connectivity index (χ3v) is 3.70. The summed E-state index contributed by atoms with van der Waals surface area (Å²) in [6.45, 7) is 3.71. The van der Waals surface area contributed by atoms with Crippen LogP contribution in [0.5, 0.6) is 0 Å². The molecule has 0 aliphatic rings. The Bertz CT molecular complexity index is 726. The summed E-state index contributed by atoms with van der Waals surface area (Å²) in [6, 6.07) is 4.99. The third-order valence-electron chi connectivity index (χ3n) is 3.70. The number of fused-ring (bicyclic) bond motifs is 1. The summed E-state index contributed by atoms with van der Waals surface area (Å²) >= 11 is 0. The lowest BCUT2D eigenvalue weighted by Crippen LogP contribution is -2.49. The summed E-state index contributed by atoms with van der Waals surface area (Å²) in [5.74, 6) is -0.391. The van der Waals surface area contributed by atoms with Gasteiger partial charge in [0, 0.05) is 11.6 Å². The summed E-state index contributed by atoms with van der Waals surface area (Å²) in [7, 11) is 0. The zero-order valence-electron chi connectivity index (χ0n) is 12.8. The maximum absolute atomic E-state index is 12.3. The molecule has 2 rings (SSSR count). The van der Waals surface area contributed by atoms with Crippen LogP contribution in [0.4, 0.5) is 0 Å². The number of nitrogens with one attached hydrogen (secondary N) is 2. The summed E-state index contributed by atoms with van der Waals surface area (Å²) in [4.78, 5) is 30.8. The van der Waals surface area contributed by atoms with Crippen LogP contribution in [-0.2, 0) is 0 Å². The molecule has 22 heavy (non-hydrogen) atoms. The van der Waals surface area contributed by atoms with Crippen LogP contribution in [0.2, 0.25) is 0 Å². The van der Waals surface area contributed by atoms with E-state index in [4.69, 9.17) is 0 Å². The number of carbonyl (C=O) groups is 1. The normalized spacial score (nSPS) is 13.8. The highest BCUT2D eigenvalue weighted by Crippen LogP contribution is 2.15. The number of pyridine rings is 2. The Balaban J connectivity index is 2.25. The van der Waals surface area contributed by atoms with Gasteiger partial charge in [0.2, 0.25) is 0 Å². The predicted octanol–water partition coefficient (Wildman–Crippen LogP) is 1.59. The Morgan fingerprint density at radius 1 is 1.41 bits per heavy atom. The van der Waals surface area contributed by atoms with Crippen molar-refractivity contribution in [3.8, 4) is 0 Å². The summed E-state index contributed by atoms with van der Waals surface area (Å²) < 4.78 is 0. The topological polar surface area (TPSA) is 95.1 Å². The quantitative estimate of drug-likeness (QED) is 0.755. The van der Waals surface area contributed by atoms with Crippen LogP contribution in [0.15, 0.2) is 29.2 Å². The molecule has 2 heterocycles. The van der Waals surface area contributed by atoms with Crippen LogP contribution in [0.1, 0.15) is 43.6 Å². The van der Waals surface area contributed by atoms with Crippen molar-refractivity contribution in [2.45, 2.75) is 38.6 Å². The zero-order chi connectivity index (χ0) is 16.2. The number of nitrogens with zero attached hydrogens (tertiary/aromatic N) is 1. The second-order valence-electron chi connectivity index (χ2n) is 5.72. The highest BCUT2D eigenvalue weighted by Gasteiger charge is 2.26. The Morgan fingerprint density at radius 2 is 2.18 bits per heavy atom. The molecule has 0 fully saturated rings. The molecule has 2 aromatic rings. The van der Waals surface area contributed by atoms with E-state index in [-0.39, 0.29) is 23.4 Å². The van der Waals surface area contributed by atoms with Gasteiger partial charge in [-0.1, -0.05) is 25.8 Å². The summed E-state index contributed by atoms with van der Waals surface area (Å²) in [5, 5.41) is 13.0. The minimum Gasteiger partial charge on any atom is -0.394 e. The number of hydrogen-bond donors (Lipinski definition) is 3. The van der Waals surface area contributed by atoms with Gasteiger partial charge in [0.25, 0.3) is 11.5 Å². The van der Waals surface area contributed by atoms with Crippen molar-refractivity contribution in [3.63, 3.8) is 0 Å². The molecule has 1 amide bonds. The first-order chi connectivity index (χ1) is 10.5. The van der Waals surface area contributed by atoms with Crippen LogP contribution in [0.25, 0.3) is 10.9 Å². The fourth-order valence-corrected chi connectivity index (χ4v) is 2.27. The maximum atomic E-state index is 12.3. The van der Waals surface area contributed by atoms with Crippen LogP contribution in [-0.4, -0.2) is 33.1 Å². The first kappa shape index (κ1) is 16.2. The van der Waals surface area contributed by atoms with E-state index in [9.17, 15) is 14.7 Å². The van der Waals surface area contributed by atoms with Gasteiger partial charge in [-0.15, -0.1) is 0 Å². The number of aromatic amines is 1. The SMILES string of the molecule is CCCCC(C)(CO)NC(=O)c1ccc2cc[nH]c(=O)c2n1. The van der Waals surface area contributed by atoms with Crippen molar-refractivity contribution >= 4 is 16.8 Å². The zero-order valence-corrected chi connectivity index (χ0v) is 12.8. The second-order valence-corrected chi connectivity index (χ2v) is 5.72. The number of unbranched alkanes of at least 4 members (excludes halogenated alkanes) is 1. The molecule has 6 heteroatoms. The van der Waals surface area contributed by atoms with Gasteiger partial charge in [-0.2, -0.15) is 0 Å². The lowest BCUT2D eigenvalue weighted by molar-refractivity contribution is 0.0834. The fraction of sp³-hybridized carbons (Fsp3) is 0.438. The van der Waals surface area contributed by atoms with Gasteiger partial charge in [-0.05, 0) is 25.5 Å². The van der Waals surface area contributed by atoms with E-state index in [0.717, 1.165) is 12.8 Å². The second kappa shape index (κ2) is 6.70. The molecular weight excluding hydrogens is 282 g/mol. The Hall–Kier alpha value is -2.21. The average molecular weight is 303 g/mol. The summed E-state index contributed by atoms with van der Waals surface area (Å²) in [5.41, 5.74) is -0.620. The molecule has 0 aliphatic heterocycles. The molecule has 0 bridgehead atoms. The first-order valence-electron chi connectivity index (χ1n) is 7.41. The van der Waals surface area contributed by atoms with Crippen LogP contribution >= 0.6 is 0 Å². The van der Waals surface area contributed by atoms with Gasteiger partial charge in [-0.25, -0.2) is 4.98 Å². The minimum absolute atomic E-state index is 0.146. The van der Waals surface area contributed by atoms with Crippen molar-refractivity contribution in [1.29, 1.82) is 0 Å². The van der Waals surface area contributed by atoms with E-state index in [2.05, 4.69) is 22.2 Å². The molecule has 0 aliphatic carbocycles. The predicted molar refractivity (Wildman–Crippen MR) is 84.8 cm³/mol. The van der Waals surface area contributed by atoms with Crippen molar-refractivity contribution in [2.24, 2.45) is 0 Å². The van der Waals surface area contributed by atoms with Gasteiger partial charge in [0.1, 0.15) is 11.2 Å². The average Bonchev–Trinajstić information content (AvgIpc) is 2.53. The molecule has 1 atom stereocenters. The molecule has 3 N–H and O–H groups in total. The number of amides is 1. The lowest BCUT2D eigenvalue weighted by atomic mass is 9.95. The monoisotopic (exact) mass is 303 g/mol. The molecule has 0 saturated heterocycles. The lowest BCUT2D eigenvalue weighted by Gasteiger charge is -2.28. The van der Waals surface area contributed by atoms with E-state index in [1.54, 1.807) is 31.3 Å². The van der Waals surface area contributed by atoms with E-state index in [1.807, 2.05) is 0 Å². The number of aliphatic hydroxyl groups is 1. The number of carbonyl (C=O) groups excluding carboxylic acids is 1. The van der Waals surface area contributed by atoms with Gasteiger partial charge in [0.15, 0.2) is 0 Å². The standard InChI is InChI=1S/C16H21N3O3/c1-3-4-8-16(2,10-20)19-14(21)12-6-5-11-7-9-17-15(22)13(11)18-12/h5-7,9,20H,3-4,8,10H2,1-2H3,(H,17,22)(H,19,21). The van der Waals surface area contributed by atoms with Crippen LogP contribution in [0.3, 0.4) is 0 Å². The Morgan fingerprint density at radius 3 is 2.86 bits per heavy atom. The molecule has 0 aromatic carbocycles. The molecule has 2 aromatic heterocycles. The van der Waals surface area contributed by atoms with E-state index >= 15 is 0 Å². The van der Waals surface area contributed by atoms with E-state index in [0.29, 0.717) is 11.8 Å². The largest absolute Gasteiger partial charge is 0.394 e. The van der Waals surface area contributed by atoms with Gasteiger partial charge in [0.05, 0.1) is 12.1 Å². The Labute approximate surface area is 128 Å². The molecule has 118 valence electrons. The highest BCUT2D eigenvalue weighted by molar-refractivity contribution is 5.95. The fourth-order valence-electron chi connectivity index (χ4n) is 2.27. The van der Waals surface area contributed by atoms with E-state index in [1.165, 1.54) is 0 Å². The van der Waals surface area contributed by atoms with Gasteiger partial charge >= 0.3 is 0 Å². The molecule has 1 unspecified atom stereocenters. The van der Waals surface area contributed by atoms with Gasteiger partial charge < -0.3 is 15.4 Å². The molecule has 0 spiro atoms. The van der Waals surface area contributed by atoms with Gasteiger partial charge in [-0.3, -0.25) is 9.59 Å². The van der Waals surface area contributed by atoms with Crippen LogP contribution in [0, 0.1) is 0 Å². The van der Waals surface area contributed by atoms with Crippen molar-refractivity contribution in [1.82, 2.24) is 15.3 Å². The first-order valence-corrected chi connectivity index (χ1v) is 7.41.